The van der Waals surface area contributed by atoms with Crippen molar-refractivity contribution in [3.8, 4) is 11.1 Å². The summed E-state index contributed by atoms with van der Waals surface area (Å²) in [5.74, 6) is 0. The summed E-state index contributed by atoms with van der Waals surface area (Å²) in [6, 6.07) is 13.6. The number of aryl methyl sites for hydroxylation is 1. The van der Waals surface area contributed by atoms with Gasteiger partial charge >= 0.3 is 0 Å². The van der Waals surface area contributed by atoms with Crippen molar-refractivity contribution in [2.45, 2.75) is 18.4 Å². The fourth-order valence-corrected chi connectivity index (χ4v) is 2.62. The highest BCUT2D eigenvalue weighted by molar-refractivity contribution is 7.79. The molecule has 0 spiro atoms. The van der Waals surface area contributed by atoms with E-state index in [2.05, 4.69) is 30.0 Å². The molecule has 0 aliphatic heterocycles. The van der Waals surface area contributed by atoms with Gasteiger partial charge < -0.3 is 9.45 Å². The zero-order chi connectivity index (χ0) is 14.7. The van der Waals surface area contributed by atoms with Crippen LogP contribution in [0.25, 0.3) is 11.1 Å². The summed E-state index contributed by atoms with van der Waals surface area (Å²) in [4.78, 5) is 2.56. The topological polar surface area (TPSA) is 40.5 Å². The molecule has 0 aliphatic rings. The maximum Gasteiger partial charge on any atom is 0.186 e. The Morgan fingerprint density at radius 3 is 2.25 bits per heavy atom. The molecule has 0 saturated carbocycles. The summed E-state index contributed by atoms with van der Waals surface area (Å²) in [6.07, 6.45) is 0. The number of hydrogen-bond acceptors (Lipinski definition) is 2. The number of hydrogen-bond donors (Lipinski definition) is 1. The maximum atomic E-state index is 11.0. The van der Waals surface area contributed by atoms with Crippen LogP contribution in [0.4, 0.5) is 0 Å². The Hall–Kier alpha value is -1.49. The SMILES string of the molecule is Cc1cc(CN(C)C)cc(-c2ccc(S(=O)O)cc2)c1. The van der Waals surface area contributed by atoms with Crippen molar-refractivity contribution in [1.82, 2.24) is 4.90 Å². The average molecular weight is 289 g/mol. The van der Waals surface area contributed by atoms with Gasteiger partial charge in [-0.05, 0) is 55.9 Å². The first-order chi connectivity index (χ1) is 9.45. The highest BCUT2D eigenvalue weighted by atomic mass is 32.2. The molecule has 1 unspecified atom stereocenters. The highest BCUT2D eigenvalue weighted by Crippen LogP contribution is 2.24. The molecule has 0 amide bonds. The van der Waals surface area contributed by atoms with Crippen molar-refractivity contribution in [2.24, 2.45) is 0 Å². The van der Waals surface area contributed by atoms with Crippen molar-refractivity contribution in [3.63, 3.8) is 0 Å². The highest BCUT2D eigenvalue weighted by Gasteiger charge is 2.04. The summed E-state index contributed by atoms with van der Waals surface area (Å²) >= 11 is -1.92. The standard InChI is InChI=1S/C16H19NO2S/c1-12-8-13(11-17(2)3)10-15(9-12)14-4-6-16(7-5-14)20(18)19/h4-10H,11H2,1-3H3,(H,18,19). The zero-order valence-electron chi connectivity index (χ0n) is 12.0. The van der Waals surface area contributed by atoms with Crippen LogP contribution in [0.15, 0.2) is 47.4 Å². The van der Waals surface area contributed by atoms with E-state index in [0.717, 1.165) is 17.7 Å². The first-order valence-electron chi connectivity index (χ1n) is 6.42. The predicted molar refractivity (Wildman–Crippen MR) is 83.0 cm³/mol. The van der Waals surface area contributed by atoms with Gasteiger partial charge in [0.25, 0.3) is 0 Å². The molecule has 2 aromatic rings. The predicted octanol–water partition coefficient (Wildman–Crippen LogP) is 3.30. The molecule has 1 N–H and O–H groups in total. The molecule has 1 atom stereocenters. The Bertz CT molecular complexity index is 621. The van der Waals surface area contributed by atoms with Crippen LogP contribution in [0.5, 0.6) is 0 Å². The molecule has 0 fully saturated rings. The van der Waals surface area contributed by atoms with Crippen LogP contribution in [0.3, 0.4) is 0 Å². The monoisotopic (exact) mass is 289 g/mol. The molecule has 20 heavy (non-hydrogen) atoms. The molecule has 3 nitrogen and oxygen atoms in total. The summed E-state index contributed by atoms with van der Waals surface area (Å²) in [7, 11) is 4.10. The second-order valence-corrected chi connectivity index (χ2v) is 6.19. The van der Waals surface area contributed by atoms with Crippen molar-refractivity contribution in [3.05, 3.63) is 53.6 Å². The number of rotatable bonds is 4. The van der Waals surface area contributed by atoms with Crippen LogP contribution in [0, 0.1) is 6.92 Å². The molecular formula is C16H19NO2S. The Morgan fingerprint density at radius 2 is 1.70 bits per heavy atom. The number of benzene rings is 2. The molecule has 0 heterocycles. The van der Waals surface area contributed by atoms with Gasteiger partial charge in [-0.2, -0.15) is 0 Å². The Kier molecular flexibility index (Phi) is 4.70. The third-order valence-corrected chi connectivity index (χ3v) is 3.70. The van der Waals surface area contributed by atoms with Crippen LogP contribution in [0.1, 0.15) is 11.1 Å². The second kappa shape index (κ2) is 6.31. The third-order valence-electron chi connectivity index (χ3n) is 3.03. The molecule has 0 saturated heterocycles. The lowest BCUT2D eigenvalue weighted by Crippen LogP contribution is -2.10. The first kappa shape index (κ1) is 14.9. The molecule has 2 aromatic carbocycles. The first-order valence-corrected chi connectivity index (χ1v) is 7.53. The van der Waals surface area contributed by atoms with Gasteiger partial charge in [-0.1, -0.05) is 29.8 Å². The minimum absolute atomic E-state index is 0.426. The van der Waals surface area contributed by atoms with E-state index in [1.807, 2.05) is 26.2 Å². The van der Waals surface area contributed by atoms with E-state index in [9.17, 15) is 4.21 Å². The van der Waals surface area contributed by atoms with Crippen LogP contribution in [0.2, 0.25) is 0 Å². The van der Waals surface area contributed by atoms with Gasteiger partial charge in [0.15, 0.2) is 11.1 Å². The third kappa shape index (κ3) is 3.76. The molecule has 2 rings (SSSR count). The lowest BCUT2D eigenvalue weighted by Gasteiger charge is -2.12. The van der Waals surface area contributed by atoms with E-state index in [1.54, 1.807) is 12.1 Å². The van der Waals surface area contributed by atoms with Gasteiger partial charge in [0.1, 0.15) is 0 Å². The Balaban J connectivity index is 2.36. The quantitative estimate of drug-likeness (QED) is 0.878. The van der Waals surface area contributed by atoms with Crippen LogP contribution >= 0.6 is 0 Å². The van der Waals surface area contributed by atoms with Crippen LogP contribution in [-0.2, 0) is 17.6 Å². The summed E-state index contributed by atoms with van der Waals surface area (Å²) in [5.41, 5.74) is 4.68. The minimum Gasteiger partial charge on any atom is -0.305 e. The Morgan fingerprint density at radius 1 is 1.05 bits per heavy atom. The zero-order valence-corrected chi connectivity index (χ0v) is 12.8. The van der Waals surface area contributed by atoms with E-state index >= 15 is 0 Å². The minimum atomic E-state index is -1.92. The average Bonchev–Trinajstić information content (AvgIpc) is 2.37. The van der Waals surface area contributed by atoms with Crippen LogP contribution in [-0.4, -0.2) is 27.8 Å². The fraction of sp³-hybridized carbons (Fsp3) is 0.250. The molecular weight excluding hydrogens is 270 g/mol. The molecule has 0 radical (unpaired) electrons. The van der Waals surface area contributed by atoms with Gasteiger partial charge in [-0.15, -0.1) is 0 Å². The lowest BCUT2D eigenvalue weighted by atomic mass is 10.00. The lowest BCUT2D eigenvalue weighted by molar-refractivity contribution is 0.402. The van der Waals surface area contributed by atoms with E-state index in [4.69, 9.17) is 4.55 Å². The van der Waals surface area contributed by atoms with Crippen molar-refractivity contribution in [1.29, 1.82) is 0 Å². The fourth-order valence-electron chi connectivity index (χ4n) is 2.25. The van der Waals surface area contributed by atoms with E-state index in [-0.39, 0.29) is 0 Å². The molecule has 0 aromatic heterocycles. The van der Waals surface area contributed by atoms with Gasteiger partial charge in [0.2, 0.25) is 0 Å². The summed E-state index contributed by atoms with van der Waals surface area (Å²) < 4.78 is 20.0. The molecule has 0 bridgehead atoms. The van der Waals surface area contributed by atoms with Crippen molar-refractivity contribution in [2.75, 3.05) is 14.1 Å². The molecule has 4 heteroatoms. The normalized spacial score (nSPS) is 12.7. The summed E-state index contributed by atoms with van der Waals surface area (Å²) in [6.45, 7) is 2.98. The second-order valence-electron chi connectivity index (χ2n) is 5.22. The largest absolute Gasteiger partial charge is 0.305 e. The van der Waals surface area contributed by atoms with E-state index < -0.39 is 11.1 Å². The Labute approximate surface area is 122 Å². The van der Waals surface area contributed by atoms with Gasteiger partial charge in [-0.25, -0.2) is 4.21 Å². The van der Waals surface area contributed by atoms with Gasteiger partial charge in [-0.3, -0.25) is 0 Å². The van der Waals surface area contributed by atoms with E-state index in [1.165, 1.54) is 11.1 Å². The van der Waals surface area contributed by atoms with Gasteiger partial charge in [0, 0.05) is 6.54 Å². The molecule has 0 aliphatic carbocycles. The number of nitrogens with zero attached hydrogens (tertiary/aromatic N) is 1. The maximum absolute atomic E-state index is 11.0. The smallest absolute Gasteiger partial charge is 0.186 e. The van der Waals surface area contributed by atoms with Crippen molar-refractivity contribution < 1.29 is 8.76 Å². The van der Waals surface area contributed by atoms with Crippen LogP contribution < -0.4 is 0 Å². The molecule has 106 valence electrons. The van der Waals surface area contributed by atoms with E-state index in [0.29, 0.717) is 4.90 Å². The van der Waals surface area contributed by atoms with Crippen molar-refractivity contribution >= 4 is 11.1 Å². The summed E-state index contributed by atoms with van der Waals surface area (Å²) in [5, 5.41) is 0. The van der Waals surface area contributed by atoms with Gasteiger partial charge in [0.05, 0.1) is 4.90 Å².